The maximum Gasteiger partial charge on any atom is 0.321 e. The van der Waals surface area contributed by atoms with Gasteiger partial charge in [0.1, 0.15) is 22.7 Å². The summed E-state index contributed by atoms with van der Waals surface area (Å²) in [7, 11) is 0. The van der Waals surface area contributed by atoms with E-state index in [1.807, 2.05) is 0 Å². The van der Waals surface area contributed by atoms with Crippen molar-refractivity contribution in [1.29, 1.82) is 0 Å². The average molecular weight is 531 g/mol. The van der Waals surface area contributed by atoms with Crippen molar-refractivity contribution in [2.24, 2.45) is 0 Å². The fourth-order valence-corrected chi connectivity index (χ4v) is 5.45. The predicted octanol–water partition coefficient (Wildman–Crippen LogP) is 3.30. The standard InChI is InChI=1S/C23H20ClFN6O4S/c1-23(2,21-27-13-8-12(25)11(24)7-16(13)36-21)30-22(35)28-17-5-3-10-14(26-17)9-31(20(10)34)15-4-6-18(32)29-19(15)33/h3,5,7-8,15H,4,6,9H2,1-2H3,(H,29,32,33)(H2,26,28,30,35). The Hall–Kier alpha value is -3.64. The van der Waals surface area contributed by atoms with Gasteiger partial charge in [-0.3, -0.25) is 25.0 Å². The number of carbonyl (C=O) groups excluding carboxylic acids is 4. The van der Waals surface area contributed by atoms with Gasteiger partial charge < -0.3 is 10.2 Å². The number of urea groups is 1. The minimum Gasteiger partial charge on any atom is -0.326 e. The van der Waals surface area contributed by atoms with Gasteiger partial charge in [0.25, 0.3) is 5.91 Å². The van der Waals surface area contributed by atoms with Crippen molar-refractivity contribution < 1.29 is 23.6 Å². The molecule has 3 aromatic rings. The number of carbonyl (C=O) groups is 4. The van der Waals surface area contributed by atoms with E-state index in [-0.39, 0.29) is 42.0 Å². The third kappa shape index (κ3) is 4.37. The van der Waals surface area contributed by atoms with E-state index < -0.39 is 29.3 Å². The van der Waals surface area contributed by atoms with Crippen molar-refractivity contribution in [3.8, 4) is 0 Å². The van der Waals surface area contributed by atoms with E-state index in [4.69, 9.17) is 11.6 Å². The first-order chi connectivity index (χ1) is 17.0. The smallest absolute Gasteiger partial charge is 0.321 e. The van der Waals surface area contributed by atoms with Crippen molar-refractivity contribution in [3.63, 3.8) is 0 Å². The molecule has 2 aromatic heterocycles. The molecule has 13 heteroatoms. The number of nitrogens with zero attached hydrogens (tertiary/aromatic N) is 3. The van der Waals surface area contributed by atoms with E-state index in [1.165, 1.54) is 34.4 Å². The number of hydrogen-bond acceptors (Lipinski definition) is 7. The number of imide groups is 1. The molecule has 0 aliphatic carbocycles. The van der Waals surface area contributed by atoms with Crippen LogP contribution in [0.4, 0.5) is 15.0 Å². The number of benzene rings is 1. The zero-order valence-electron chi connectivity index (χ0n) is 19.1. The molecule has 36 heavy (non-hydrogen) atoms. The Morgan fingerprint density at radius 1 is 1.25 bits per heavy atom. The van der Waals surface area contributed by atoms with E-state index >= 15 is 0 Å². The molecule has 0 bridgehead atoms. The first kappa shape index (κ1) is 24.1. The first-order valence-corrected chi connectivity index (χ1v) is 12.2. The number of pyridine rings is 1. The van der Waals surface area contributed by atoms with Gasteiger partial charge in [-0.2, -0.15) is 0 Å². The number of nitrogens with one attached hydrogen (secondary N) is 3. The number of thiazole rings is 1. The lowest BCUT2D eigenvalue weighted by Crippen LogP contribution is -2.52. The largest absolute Gasteiger partial charge is 0.326 e. The van der Waals surface area contributed by atoms with E-state index in [0.29, 0.717) is 26.5 Å². The molecular weight excluding hydrogens is 511 g/mol. The summed E-state index contributed by atoms with van der Waals surface area (Å²) in [6.45, 7) is 3.61. The zero-order valence-corrected chi connectivity index (χ0v) is 20.7. The van der Waals surface area contributed by atoms with Crippen molar-refractivity contribution in [2.75, 3.05) is 5.32 Å². The highest BCUT2D eigenvalue weighted by Gasteiger charge is 2.40. The molecule has 2 aliphatic rings. The summed E-state index contributed by atoms with van der Waals surface area (Å²) >= 11 is 7.15. The predicted molar refractivity (Wildman–Crippen MR) is 130 cm³/mol. The van der Waals surface area contributed by atoms with Gasteiger partial charge in [0.05, 0.1) is 38.6 Å². The molecule has 0 saturated carbocycles. The number of halogens is 2. The molecule has 2 aliphatic heterocycles. The summed E-state index contributed by atoms with van der Waals surface area (Å²) in [6.07, 6.45) is 0.404. The molecule has 1 saturated heterocycles. The van der Waals surface area contributed by atoms with Gasteiger partial charge in [-0.1, -0.05) is 11.6 Å². The lowest BCUT2D eigenvalue weighted by atomic mass is 10.0. The van der Waals surface area contributed by atoms with Crippen LogP contribution in [0.2, 0.25) is 5.02 Å². The number of amides is 5. The van der Waals surface area contributed by atoms with Crippen LogP contribution in [0.15, 0.2) is 24.3 Å². The number of rotatable bonds is 4. The molecule has 0 spiro atoms. The summed E-state index contributed by atoms with van der Waals surface area (Å²) in [4.78, 5) is 59.4. The maximum atomic E-state index is 13.8. The topological polar surface area (TPSA) is 133 Å². The van der Waals surface area contributed by atoms with Crippen LogP contribution in [0, 0.1) is 5.82 Å². The highest BCUT2D eigenvalue weighted by atomic mass is 35.5. The van der Waals surface area contributed by atoms with Crippen LogP contribution in [0.5, 0.6) is 0 Å². The Kier molecular flexibility index (Phi) is 5.87. The lowest BCUT2D eigenvalue weighted by Gasteiger charge is -2.29. The Labute approximate surface area is 213 Å². The van der Waals surface area contributed by atoms with Gasteiger partial charge in [0.15, 0.2) is 0 Å². The average Bonchev–Trinajstić information content (AvgIpc) is 3.35. The number of aromatic nitrogens is 2. The second-order valence-corrected chi connectivity index (χ2v) is 10.5. The summed E-state index contributed by atoms with van der Waals surface area (Å²) in [5.41, 5.74) is 0.308. The van der Waals surface area contributed by atoms with Gasteiger partial charge in [-0.25, -0.2) is 19.2 Å². The number of fused-ring (bicyclic) bond motifs is 2. The number of piperidine rings is 1. The minimum atomic E-state index is -0.897. The number of hydrogen-bond donors (Lipinski definition) is 3. The van der Waals surface area contributed by atoms with Gasteiger partial charge in [-0.15, -0.1) is 11.3 Å². The van der Waals surface area contributed by atoms with E-state index in [2.05, 4.69) is 25.9 Å². The molecule has 4 heterocycles. The summed E-state index contributed by atoms with van der Waals surface area (Å²) in [5.74, 6) is -1.57. The highest BCUT2D eigenvalue weighted by Crippen LogP contribution is 2.33. The molecule has 5 rings (SSSR count). The third-order valence-corrected chi connectivity index (χ3v) is 7.64. The van der Waals surface area contributed by atoms with Gasteiger partial charge >= 0.3 is 6.03 Å². The van der Waals surface area contributed by atoms with Crippen LogP contribution in [0.3, 0.4) is 0 Å². The molecule has 1 atom stereocenters. The molecular formula is C23H20ClFN6O4S. The van der Waals surface area contributed by atoms with Crippen molar-refractivity contribution in [2.45, 2.75) is 44.8 Å². The van der Waals surface area contributed by atoms with Crippen LogP contribution in [0.25, 0.3) is 10.2 Å². The van der Waals surface area contributed by atoms with Gasteiger partial charge in [0.2, 0.25) is 11.8 Å². The first-order valence-electron chi connectivity index (χ1n) is 11.0. The van der Waals surface area contributed by atoms with Crippen LogP contribution in [-0.4, -0.2) is 44.7 Å². The van der Waals surface area contributed by atoms with Crippen molar-refractivity contribution in [3.05, 3.63) is 51.4 Å². The molecule has 1 fully saturated rings. The zero-order chi connectivity index (χ0) is 25.8. The lowest BCUT2D eigenvalue weighted by molar-refractivity contribution is -0.136. The Bertz CT molecular complexity index is 1420. The monoisotopic (exact) mass is 530 g/mol. The van der Waals surface area contributed by atoms with Crippen molar-refractivity contribution in [1.82, 2.24) is 25.5 Å². The Morgan fingerprint density at radius 3 is 2.78 bits per heavy atom. The quantitative estimate of drug-likeness (QED) is 0.443. The van der Waals surface area contributed by atoms with Gasteiger partial charge in [-0.05, 0) is 38.5 Å². The fraction of sp³-hybridized carbons (Fsp3) is 0.304. The molecule has 1 unspecified atom stereocenters. The molecule has 0 radical (unpaired) electrons. The molecule has 5 amide bonds. The fourth-order valence-electron chi connectivity index (χ4n) is 4.18. The summed E-state index contributed by atoms with van der Waals surface area (Å²) in [6, 6.07) is 4.49. The highest BCUT2D eigenvalue weighted by molar-refractivity contribution is 7.18. The number of anilines is 1. The van der Waals surface area contributed by atoms with Crippen LogP contribution in [-0.2, 0) is 21.7 Å². The maximum absolute atomic E-state index is 13.8. The Morgan fingerprint density at radius 2 is 2.03 bits per heavy atom. The summed E-state index contributed by atoms with van der Waals surface area (Å²) in [5, 5.41) is 8.29. The molecule has 10 nitrogen and oxygen atoms in total. The van der Waals surface area contributed by atoms with Crippen LogP contribution < -0.4 is 16.0 Å². The molecule has 1 aromatic carbocycles. The molecule has 3 N–H and O–H groups in total. The summed E-state index contributed by atoms with van der Waals surface area (Å²) < 4.78 is 14.5. The molecule has 186 valence electrons. The van der Waals surface area contributed by atoms with E-state index in [1.54, 1.807) is 19.9 Å². The normalized spacial score (nSPS) is 17.8. The van der Waals surface area contributed by atoms with E-state index in [0.717, 1.165) is 0 Å². The SMILES string of the molecule is CC(C)(NC(=O)Nc1ccc2c(n1)CN(C1CCC(=O)NC1=O)C2=O)c1nc2cc(F)c(Cl)cc2s1. The Balaban J connectivity index is 1.28. The second-order valence-electron chi connectivity index (χ2n) is 9.05. The van der Waals surface area contributed by atoms with E-state index in [9.17, 15) is 23.6 Å². The van der Waals surface area contributed by atoms with Crippen molar-refractivity contribution >= 4 is 62.7 Å². The third-order valence-electron chi connectivity index (χ3n) is 6.00. The minimum absolute atomic E-state index is 0.00135. The van der Waals surface area contributed by atoms with Crippen LogP contribution in [0.1, 0.15) is 47.7 Å². The van der Waals surface area contributed by atoms with Crippen LogP contribution >= 0.6 is 22.9 Å². The second kappa shape index (κ2) is 8.79. The van der Waals surface area contributed by atoms with Gasteiger partial charge in [0, 0.05) is 12.5 Å².